The molecule has 0 saturated heterocycles. The molecule has 0 radical (unpaired) electrons. The number of hydrogen-bond donors (Lipinski definition) is 0. The van der Waals surface area contributed by atoms with Crippen LogP contribution in [0.5, 0.6) is 0 Å². The van der Waals surface area contributed by atoms with Crippen LogP contribution in [0.4, 0.5) is 0 Å². The summed E-state index contributed by atoms with van der Waals surface area (Å²) >= 11 is 9.05. The summed E-state index contributed by atoms with van der Waals surface area (Å²) in [7, 11) is 0. The molecule has 0 unspecified atom stereocenters. The Morgan fingerprint density at radius 3 is 2.44 bits per heavy atom. The number of hydrogen-bond acceptors (Lipinski definition) is 3. The lowest BCUT2D eigenvalue weighted by molar-refractivity contribution is 0.764. The molecule has 1 heterocycles. The molecule has 88 valence electrons. The quantitative estimate of drug-likeness (QED) is 0.853. The number of aromatic nitrogens is 2. The maximum atomic E-state index is 9.06. The van der Waals surface area contributed by atoms with Crippen molar-refractivity contribution in [1.82, 2.24) is 9.55 Å². The van der Waals surface area contributed by atoms with Crippen molar-refractivity contribution in [1.29, 1.82) is 10.5 Å². The lowest BCUT2D eigenvalue weighted by Gasteiger charge is -2.05. The van der Waals surface area contributed by atoms with Crippen LogP contribution in [0.3, 0.4) is 0 Å². The zero-order valence-corrected chi connectivity index (χ0v) is 11.4. The molecule has 0 aliphatic heterocycles. The van der Waals surface area contributed by atoms with E-state index in [9.17, 15) is 0 Å². The molecule has 18 heavy (non-hydrogen) atoms. The van der Waals surface area contributed by atoms with Crippen molar-refractivity contribution in [3.8, 4) is 12.1 Å². The van der Waals surface area contributed by atoms with Crippen molar-refractivity contribution in [3.05, 3.63) is 51.0 Å². The molecule has 0 bridgehead atoms. The van der Waals surface area contributed by atoms with Gasteiger partial charge >= 0.3 is 0 Å². The van der Waals surface area contributed by atoms with E-state index in [0.29, 0.717) is 16.3 Å². The van der Waals surface area contributed by atoms with Gasteiger partial charge in [-0.1, -0.05) is 23.7 Å². The molecule has 0 spiro atoms. The van der Waals surface area contributed by atoms with Crippen molar-refractivity contribution in [2.24, 2.45) is 0 Å². The van der Waals surface area contributed by atoms with E-state index in [-0.39, 0.29) is 11.4 Å². The van der Waals surface area contributed by atoms with Crippen LogP contribution in [-0.2, 0) is 6.54 Å². The number of nitriles is 2. The summed E-state index contributed by atoms with van der Waals surface area (Å²) in [5, 5.41) is 18.6. The number of benzene rings is 1. The molecule has 0 fully saturated rings. The first kappa shape index (κ1) is 12.6. The minimum Gasteiger partial charge on any atom is -0.305 e. The van der Waals surface area contributed by atoms with Crippen LogP contribution in [0.1, 0.15) is 17.0 Å². The van der Waals surface area contributed by atoms with Crippen LogP contribution in [0.25, 0.3) is 0 Å². The maximum Gasteiger partial charge on any atom is 0.179 e. The first-order valence-electron chi connectivity index (χ1n) is 4.96. The summed E-state index contributed by atoms with van der Waals surface area (Å²) in [6.45, 7) is 0.454. The van der Waals surface area contributed by atoms with Gasteiger partial charge in [0.1, 0.15) is 12.1 Å². The molecule has 0 N–H and O–H groups in total. The molecule has 0 amide bonds. The Morgan fingerprint density at radius 2 is 1.89 bits per heavy atom. The van der Waals surface area contributed by atoms with E-state index in [1.807, 2.05) is 24.3 Å². The van der Waals surface area contributed by atoms with Crippen LogP contribution in [0, 0.1) is 22.7 Å². The first-order valence-corrected chi connectivity index (χ1v) is 6.13. The number of rotatable bonds is 2. The summed E-state index contributed by atoms with van der Waals surface area (Å²) in [4.78, 5) is 3.98. The Kier molecular flexibility index (Phi) is 3.66. The molecule has 2 aromatic rings. The molecule has 4 nitrogen and oxygen atoms in total. The largest absolute Gasteiger partial charge is 0.305 e. The van der Waals surface area contributed by atoms with Gasteiger partial charge in [0.25, 0.3) is 0 Å². The van der Waals surface area contributed by atoms with E-state index in [4.69, 9.17) is 22.1 Å². The molecule has 0 atom stereocenters. The van der Waals surface area contributed by atoms with E-state index in [1.54, 1.807) is 16.7 Å². The maximum absolute atomic E-state index is 9.06. The van der Waals surface area contributed by atoms with Gasteiger partial charge < -0.3 is 4.57 Å². The molecule has 0 aliphatic carbocycles. The van der Waals surface area contributed by atoms with E-state index < -0.39 is 0 Å². The summed E-state index contributed by atoms with van der Waals surface area (Å²) in [5.74, 6) is 0. The van der Waals surface area contributed by atoms with Gasteiger partial charge in [-0.3, -0.25) is 0 Å². The molecule has 1 aromatic heterocycles. The lowest BCUT2D eigenvalue weighted by atomic mass is 10.2. The van der Waals surface area contributed by atoms with Crippen molar-refractivity contribution in [2.45, 2.75) is 6.54 Å². The van der Waals surface area contributed by atoms with E-state index in [2.05, 4.69) is 20.9 Å². The highest BCUT2D eigenvalue weighted by atomic mass is 79.9. The average Bonchev–Trinajstić information content (AvgIpc) is 2.68. The zero-order valence-electron chi connectivity index (χ0n) is 9.06. The third-order valence-electron chi connectivity index (χ3n) is 2.39. The van der Waals surface area contributed by atoms with Gasteiger partial charge in [-0.05, 0) is 33.6 Å². The first-order chi connectivity index (χ1) is 8.65. The highest BCUT2D eigenvalue weighted by Gasteiger charge is 2.15. The topological polar surface area (TPSA) is 65.4 Å². The second-order valence-corrected chi connectivity index (χ2v) is 4.66. The predicted molar refractivity (Wildman–Crippen MR) is 69.9 cm³/mol. The highest BCUT2D eigenvalue weighted by Crippen LogP contribution is 2.19. The Bertz CT molecular complexity index is 661. The fourth-order valence-electron chi connectivity index (χ4n) is 1.53. The van der Waals surface area contributed by atoms with Gasteiger partial charge in [-0.25, -0.2) is 4.98 Å². The van der Waals surface area contributed by atoms with E-state index >= 15 is 0 Å². The second-order valence-electron chi connectivity index (χ2n) is 3.51. The Morgan fingerprint density at radius 1 is 1.22 bits per heavy atom. The van der Waals surface area contributed by atoms with Gasteiger partial charge in [0, 0.05) is 5.02 Å². The highest BCUT2D eigenvalue weighted by molar-refractivity contribution is 9.10. The summed E-state index contributed by atoms with van der Waals surface area (Å²) < 4.78 is 2.10. The zero-order chi connectivity index (χ0) is 13.1. The summed E-state index contributed by atoms with van der Waals surface area (Å²) in [6.07, 6.45) is 0. The minimum atomic E-state index is 0.123. The SMILES string of the molecule is N#Cc1nc(Br)n(Cc2ccc(Cl)cc2)c1C#N. The van der Waals surface area contributed by atoms with Gasteiger partial charge in [0.2, 0.25) is 0 Å². The van der Waals surface area contributed by atoms with Crippen LogP contribution in [0.15, 0.2) is 29.0 Å². The molecule has 0 saturated carbocycles. The average molecular weight is 322 g/mol. The van der Waals surface area contributed by atoms with Crippen molar-refractivity contribution in [2.75, 3.05) is 0 Å². The molecule has 0 aliphatic rings. The second kappa shape index (κ2) is 5.22. The number of nitrogens with zero attached hydrogens (tertiary/aromatic N) is 4. The molecular weight excluding hydrogens is 316 g/mol. The van der Waals surface area contributed by atoms with Crippen LogP contribution >= 0.6 is 27.5 Å². The standard InChI is InChI=1S/C12H6BrClN4/c13-12-17-10(5-15)11(6-16)18(12)7-8-1-3-9(14)4-2-8/h1-4H,7H2. The third kappa shape index (κ3) is 2.38. The smallest absolute Gasteiger partial charge is 0.179 e. The van der Waals surface area contributed by atoms with Crippen LogP contribution in [0.2, 0.25) is 5.02 Å². The molecule has 6 heteroatoms. The molecular formula is C12H6BrClN4. The van der Waals surface area contributed by atoms with Gasteiger partial charge in [0.15, 0.2) is 16.1 Å². The molecule has 1 aromatic carbocycles. The van der Waals surface area contributed by atoms with E-state index in [0.717, 1.165) is 5.56 Å². The van der Waals surface area contributed by atoms with Gasteiger partial charge in [-0.15, -0.1) is 0 Å². The number of halogens is 2. The van der Waals surface area contributed by atoms with Crippen LogP contribution < -0.4 is 0 Å². The van der Waals surface area contributed by atoms with Crippen molar-refractivity contribution >= 4 is 27.5 Å². The van der Waals surface area contributed by atoms with Crippen molar-refractivity contribution in [3.63, 3.8) is 0 Å². The minimum absolute atomic E-state index is 0.123. The number of imidazole rings is 1. The normalized spacial score (nSPS) is 9.78. The third-order valence-corrected chi connectivity index (χ3v) is 3.24. The van der Waals surface area contributed by atoms with Crippen LogP contribution in [-0.4, -0.2) is 9.55 Å². The fraction of sp³-hybridized carbons (Fsp3) is 0.0833. The Balaban J connectivity index is 2.41. The predicted octanol–water partition coefficient (Wildman–Crippen LogP) is 3.09. The molecule has 2 rings (SSSR count). The Hall–Kier alpha value is -1.82. The van der Waals surface area contributed by atoms with E-state index in [1.165, 1.54) is 0 Å². The van der Waals surface area contributed by atoms with Gasteiger partial charge in [0.05, 0.1) is 6.54 Å². The monoisotopic (exact) mass is 320 g/mol. The van der Waals surface area contributed by atoms with Crippen molar-refractivity contribution < 1.29 is 0 Å². The fourth-order valence-corrected chi connectivity index (χ4v) is 2.14. The Labute approximate surface area is 117 Å². The summed E-state index contributed by atoms with van der Waals surface area (Å²) in [5.41, 5.74) is 1.34. The summed E-state index contributed by atoms with van der Waals surface area (Å²) in [6, 6.07) is 11.2. The lowest BCUT2D eigenvalue weighted by Crippen LogP contribution is -2.03. The van der Waals surface area contributed by atoms with Gasteiger partial charge in [-0.2, -0.15) is 10.5 Å².